The second kappa shape index (κ2) is 10.4. The second-order valence-corrected chi connectivity index (χ2v) is 5.64. The van der Waals surface area contributed by atoms with Crippen molar-refractivity contribution in [3.8, 4) is 11.5 Å². The van der Waals surface area contributed by atoms with E-state index in [4.69, 9.17) is 14.2 Å². The van der Waals surface area contributed by atoms with E-state index in [0.29, 0.717) is 17.4 Å². The maximum Gasteiger partial charge on any atom is 0.326 e. The molecule has 0 radical (unpaired) electrons. The number of carbonyl (C=O) groups excluding carboxylic acids is 3. The molecule has 1 heterocycles. The minimum absolute atomic E-state index is 0.144. The van der Waals surface area contributed by atoms with E-state index in [1.807, 2.05) is 0 Å². The monoisotopic (exact) mass is 403 g/mol. The van der Waals surface area contributed by atoms with Gasteiger partial charge in [0.25, 0.3) is 11.8 Å². The van der Waals surface area contributed by atoms with Gasteiger partial charge in [-0.3, -0.25) is 25.2 Å². The summed E-state index contributed by atoms with van der Waals surface area (Å²) < 4.78 is 15.1. The van der Waals surface area contributed by atoms with Gasteiger partial charge in [0.05, 0.1) is 14.2 Å². The molecule has 1 aromatic heterocycles. The quantitative estimate of drug-likeness (QED) is 0.459. The van der Waals surface area contributed by atoms with Gasteiger partial charge < -0.3 is 19.1 Å². The van der Waals surface area contributed by atoms with Crippen LogP contribution in [0, 0.1) is 0 Å². The molecule has 154 valence electrons. The number of rotatable bonds is 8. The van der Waals surface area contributed by atoms with Crippen LogP contribution in [0.2, 0.25) is 0 Å². The Balaban J connectivity index is 1.76. The Labute approximate surface area is 167 Å². The van der Waals surface area contributed by atoms with Crippen molar-refractivity contribution in [2.24, 2.45) is 0 Å². The van der Waals surface area contributed by atoms with Crippen LogP contribution in [0.1, 0.15) is 10.4 Å². The first-order valence-electron chi connectivity index (χ1n) is 8.39. The molecule has 2 N–H and O–H groups in total. The van der Waals surface area contributed by atoms with E-state index in [-0.39, 0.29) is 12.1 Å². The average Bonchev–Trinajstić information content (AvgIpc) is 2.75. The lowest BCUT2D eigenvalue weighted by Gasteiger charge is -2.15. The predicted octanol–water partition coefficient (Wildman–Crippen LogP) is -0.0656. The van der Waals surface area contributed by atoms with Crippen molar-refractivity contribution in [1.29, 1.82) is 0 Å². The number of hydrogen-bond donors (Lipinski definition) is 2. The summed E-state index contributed by atoms with van der Waals surface area (Å²) in [5.74, 6) is -0.757. The molecule has 0 aliphatic rings. The molecule has 0 saturated carbocycles. The van der Waals surface area contributed by atoms with E-state index in [0.717, 1.165) is 0 Å². The number of likely N-dealkylation sites (N-methyl/N-ethyl adjacent to an activating group) is 1. The summed E-state index contributed by atoms with van der Waals surface area (Å²) in [4.78, 5) is 45.1. The second-order valence-electron chi connectivity index (χ2n) is 5.64. The fraction of sp³-hybridized carbons (Fsp3) is 0.278. The first-order chi connectivity index (χ1) is 13.9. The molecule has 0 aliphatic heterocycles. The fourth-order valence-corrected chi connectivity index (χ4v) is 2.16. The normalized spacial score (nSPS) is 9.90. The molecule has 2 amide bonds. The molecule has 29 heavy (non-hydrogen) atoms. The highest BCUT2D eigenvalue weighted by molar-refractivity contribution is 5.96. The van der Waals surface area contributed by atoms with Gasteiger partial charge in [0.15, 0.2) is 18.1 Å². The van der Waals surface area contributed by atoms with Gasteiger partial charge in [-0.25, -0.2) is 9.97 Å². The Bertz CT molecular complexity index is 861. The highest BCUT2D eigenvalue weighted by atomic mass is 16.5. The molecule has 0 fully saturated rings. The van der Waals surface area contributed by atoms with Crippen LogP contribution < -0.4 is 25.2 Å². The van der Waals surface area contributed by atoms with Crippen LogP contribution >= 0.6 is 0 Å². The zero-order chi connectivity index (χ0) is 21.2. The minimum Gasteiger partial charge on any atom is -0.493 e. The molecular weight excluding hydrogens is 382 g/mol. The average molecular weight is 403 g/mol. The van der Waals surface area contributed by atoms with Gasteiger partial charge in [0.2, 0.25) is 5.95 Å². The Morgan fingerprint density at radius 2 is 1.72 bits per heavy atom. The molecule has 2 rings (SSSR count). The lowest BCUT2D eigenvalue weighted by Crippen LogP contribution is -2.44. The molecule has 11 heteroatoms. The highest BCUT2D eigenvalue weighted by Crippen LogP contribution is 2.27. The van der Waals surface area contributed by atoms with Crippen molar-refractivity contribution in [3.05, 3.63) is 42.2 Å². The summed E-state index contributed by atoms with van der Waals surface area (Å²) in [6.07, 6.45) is 3.08. The lowest BCUT2D eigenvalue weighted by molar-refractivity contribution is -0.147. The van der Waals surface area contributed by atoms with Crippen LogP contribution in [-0.4, -0.2) is 62.2 Å². The van der Waals surface area contributed by atoms with Crippen molar-refractivity contribution in [3.63, 3.8) is 0 Å². The SMILES string of the molecule is COc1ccc(C(=O)NNC(=O)COC(=O)CN(C)c2ncccn2)cc1OC. The van der Waals surface area contributed by atoms with Crippen LogP contribution in [-0.2, 0) is 14.3 Å². The molecule has 2 aromatic rings. The summed E-state index contributed by atoms with van der Waals surface area (Å²) in [5.41, 5.74) is 4.62. The Morgan fingerprint density at radius 1 is 1.03 bits per heavy atom. The van der Waals surface area contributed by atoms with Crippen LogP contribution in [0.25, 0.3) is 0 Å². The molecule has 0 spiro atoms. The van der Waals surface area contributed by atoms with Gasteiger partial charge in [-0.1, -0.05) is 0 Å². The predicted molar refractivity (Wildman–Crippen MR) is 101 cm³/mol. The standard InChI is InChI=1S/C18H21N5O6/c1-23(18-19-7-4-8-20-18)10-16(25)29-11-15(24)21-22-17(26)12-5-6-13(27-2)14(9-12)28-3/h4-9H,10-11H2,1-3H3,(H,21,24)(H,22,26). The van der Waals surface area contributed by atoms with E-state index in [1.165, 1.54) is 31.3 Å². The first kappa shape index (κ1) is 21.4. The first-order valence-corrected chi connectivity index (χ1v) is 8.39. The van der Waals surface area contributed by atoms with E-state index >= 15 is 0 Å². The maximum absolute atomic E-state index is 12.1. The van der Waals surface area contributed by atoms with Crippen molar-refractivity contribution in [2.75, 3.05) is 39.3 Å². The summed E-state index contributed by atoms with van der Waals surface area (Å²) in [5, 5.41) is 0. The summed E-state index contributed by atoms with van der Waals surface area (Å²) in [7, 11) is 4.53. The Kier molecular flexibility index (Phi) is 7.71. The van der Waals surface area contributed by atoms with Crippen molar-refractivity contribution in [1.82, 2.24) is 20.8 Å². The molecule has 0 atom stereocenters. The summed E-state index contributed by atoms with van der Waals surface area (Å²) in [6.45, 7) is -0.705. The van der Waals surface area contributed by atoms with Crippen LogP contribution in [0.4, 0.5) is 5.95 Å². The molecule has 11 nitrogen and oxygen atoms in total. The third-order valence-electron chi connectivity index (χ3n) is 3.59. The van der Waals surface area contributed by atoms with Crippen LogP contribution in [0.3, 0.4) is 0 Å². The molecule has 0 aliphatic carbocycles. The molecular formula is C18H21N5O6. The number of aromatic nitrogens is 2. The van der Waals surface area contributed by atoms with E-state index in [1.54, 1.807) is 31.6 Å². The third kappa shape index (κ3) is 6.34. The van der Waals surface area contributed by atoms with Crippen LogP contribution in [0.15, 0.2) is 36.7 Å². The van der Waals surface area contributed by atoms with Gasteiger partial charge in [0, 0.05) is 25.0 Å². The van der Waals surface area contributed by atoms with E-state index in [9.17, 15) is 14.4 Å². The van der Waals surface area contributed by atoms with Gasteiger partial charge in [-0.05, 0) is 24.3 Å². The van der Waals surface area contributed by atoms with Gasteiger partial charge >= 0.3 is 5.97 Å². The number of amides is 2. The smallest absolute Gasteiger partial charge is 0.326 e. The summed E-state index contributed by atoms with van der Waals surface area (Å²) >= 11 is 0. The Hall–Kier alpha value is -3.89. The van der Waals surface area contributed by atoms with Crippen molar-refractivity contribution in [2.45, 2.75) is 0 Å². The topological polar surface area (TPSA) is 132 Å². The van der Waals surface area contributed by atoms with E-state index in [2.05, 4.69) is 20.8 Å². The van der Waals surface area contributed by atoms with Crippen LogP contribution in [0.5, 0.6) is 11.5 Å². The Morgan fingerprint density at radius 3 is 2.38 bits per heavy atom. The van der Waals surface area contributed by atoms with Gasteiger partial charge in [0.1, 0.15) is 6.54 Å². The largest absolute Gasteiger partial charge is 0.493 e. The number of nitrogens with zero attached hydrogens (tertiary/aromatic N) is 3. The number of methoxy groups -OCH3 is 2. The molecule has 0 bridgehead atoms. The maximum atomic E-state index is 12.1. The number of carbonyl (C=O) groups is 3. The molecule has 0 unspecified atom stereocenters. The number of hydrazine groups is 1. The van der Waals surface area contributed by atoms with Crippen molar-refractivity contribution >= 4 is 23.7 Å². The number of nitrogens with one attached hydrogen (secondary N) is 2. The molecule has 1 aromatic carbocycles. The lowest BCUT2D eigenvalue weighted by atomic mass is 10.2. The highest BCUT2D eigenvalue weighted by Gasteiger charge is 2.14. The minimum atomic E-state index is -0.703. The van der Waals surface area contributed by atoms with Gasteiger partial charge in [-0.2, -0.15) is 0 Å². The number of esters is 1. The van der Waals surface area contributed by atoms with E-state index < -0.39 is 24.4 Å². The van der Waals surface area contributed by atoms with Crippen molar-refractivity contribution < 1.29 is 28.6 Å². The fourth-order valence-electron chi connectivity index (χ4n) is 2.16. The third-order valence-corrected chi connectivity index (χ3v) is 3.59. The number of ether oxygens (including phenoxy) is 3. The number of anilines is 1. The zero-order valence-corrected chi connectivity index (χ0v) is 16.2. The summed E-state index contributed by atoms with van der Waals surface area (Å²) in [6, 6.07) is 6.17. The number of benzene rings is 1. The molecule has 0 saturated heterocycles. The van der Waals surface area contributed by atoms with Gasteiger partial charge in [-0.15, -0.1) is 0 Å². The number of hydrogen-bond acceptors (Lipinski definition) is 9. The zero-order valence-electron chi connectivity index (χ0n) is 16.2.